The fourth-order valence-corrected chi connectivity index (χ4v) is 2.24. The number of hydrogen-bond donors (Lipinski definition) is 1. The number of anilines is 1. The normalized spacial score (nSPS) is 10.0. The van der Waals surface area contributed by atoms with Crippen LogP contribution in [-0.2, 0) is 4.79 Å². The van der Waals surface area contributed by atoms with Crippen LogP contribution in [0.1, 0.15) is 0 Å². The van der Waals surface area contributed by atoms with Crippen LogP contribution in [0.2, 0.25) is 0 Å². The van der Waals surface area contributed by atoms with E-state index >= 15 is 0 Å². The van der Waals surface area contributed by atoms with Crippen molar-refractivity contribution < 1.29 is 4.79 Å². The third kappa shape index (κ3) is 1.60. The summed E-state index contributed by atoms with van der Waals surface area (Å²) in [4.78, 5) is 11.1. The Hall–Kier alpha value is -1.45. The Kier molecular flexibility index (Phi) is 2.43. The van der Waals surface area contributed by atoms with Gasteiger partial charge in [0.05, 0.1) is 0 Å². The summed E-state index contributed by atoms with van der Waals surface area (Å²) in [5, 5.41) is 2.69. The number of hydrogen-bond acceptors (Lipinski definition) is 3. The summed E-state index contributed by atoms with van der Waals surface area (Å²) in [6.45, 7) is 3.39. The molecule has 0 fully saturated rings. The summed E-state index contributed by atoms with van der Waals surface area (Å²) in [5.74, 6) is -0.229. The summed E-state index contributed by atoms with van der Waals surface area (Å²) >= 11 is -0.0721. The number of fused-ring (bicyclic) bond motifs is 1. The molecule has 4 nitrogen and oxygen atoms in total. The standard InChI is InChI=1S/C9H7N3OSe/c1-2-8(13)10-6-4-3-5-7-9(6)12-14-11-7/h2-5H,1H2,(H,10,13). The van der Waals surface area contributed by atoms with Crippen LogP contribution in [0.3, 0.4) is 0 Å². The van der Waals surface area contributed by atoms with E-state index < -0.39 is 0 Å². The van der Waals surface area contributed by atoms with Gasteiger partial charge in [0.1, 0.15) is 0 Å². The van der Waals surface area contributed by atoms with Gasteiger partial charge >= 0.3 is 86.5 Å². The Bertz CT molecular complexity index is 492. The third-order valence-electron chi connectivity index (χ3n) is 1.73. The summed E-state index contributed by atoms with van der Waals surface area (Å²) in [5.41, 5.74) is 2.34. The fraction of sp³-hybridized carbons (Fsp3) is 0. The van der Waals surface area contributed by atoms with Crippen molar-refractivity contribution in [2.24, 2.45) is 0 Å². The zero-order valence-electron chi connectivity index (χ0n) is 7.23. The van der Waals surface area contributed by atoms with E-state index in [0.717, 1.165) is 11.0 Å². The number of rotatable bonds is 2. The number of benzene rings is 1. The van der Waals surface area contributed by atoms with E-state index in [1.165, 1.54) is 6.08 Å². The van der Waals surface area contributed by atoms with Crippen LogP contribution < -0.4 is 5.32 Å². The first-order valence-electron chi connectivity index (χ1n) is 3.96. The summed E-state index contributed by atoms with van der Waals surface area (Å²) in [7, 11) is 0. The predicted molar refractivity (Wildman–Crippen MR) is 55.3 cm³/mol. The maximum absolute atomic E-state index is 11.1. The van der Waals surface area contributed by atoms with Crippen LogP contribution in [0.15, 0.2) is 30.9 Å². The van der Waals surface area contributed by atoms with E-state index in [9.17, 15) is 4.79 Å². The first kappa shape index (κ1) is 9.12. The van der Waals surface area contributed by atoms with Gasteiger partial charge in [-0.2, -0.15) is 0 Å². The second-order valence-electron chi connectivity index (χ2n) is 2.63. The van der Waals surface area contributed by atoms with Crippen molar-refractivity contribution in [3.63, 3.8) is 0 Å². The molecule has 0 radical (unpaired) electrons. The summed E-state index contributed by atoms with van der Waals surface area (Å²) in [6.07, 6.45) is 1.23. The van der Waals surface area contributed by atoms with Crippen LogP contribution in [0, 0.1) is 0 Å². The Morgan fingerprint density at radius 3 is 3.14 bits per heavy atom. The van der Waals surface area contributed by atoms with E-state index in [4.69, 9.17) is 0 Å². The molecule has 0 saturated carbocycles. The molecule has 0 atom stereocenters. The molecule has 2 aromatic rings. The molecule has 1 amide bonds. The van der Waals surface area contributed by atoms with Crippen LogP contribution in [0.5, 0.6) is 0 Å². The molecule has 1 heterocycles. The molecule has 0 saturated heterocycles. The Labute approximate surface area is 86.9 Å². The third-order valence-corrected chi connectivity index (χ3v) is 2.87. The van der Waals surface area contributed by atoms with Crippen molar-refractivity contribution in [1.29, 1.82) is 0 Å². The molecular formula is C9H7N3OSe. The Morgan fingerprint density at radius 1 is 1.50 bits per heavy atom. The number of aromatic nitrogens is 2. The van der Waals surface area contributed by atoms with Crippen molar-refractivity contribution in [3.05, 3.63) is 30.9 Å². The molecule has 0 aliphatic heterocycles. The molecule has 70 valence electrons. The molecule has 0 bridgehead atoms. The van der Waals surface area contributed by atoms with Gasteiger partial charge in [0.2, 0.25) is 0 Å². The second kappa shape index (κ2) is 3.74. The van der Waals surface area contributed by atoms with Gasteiger partial charge in [0.15, 0.2) is 0 Å². The molecule has 1 aromatic carbocycles. The summed E-state index contributed by atoms with van der Waals surface area (Å²) < 4.78 is 8.45. The first-order valence-corrected chi connectivity index (χ1v) is 5.49. The monoisotopic (exact) mass is 253 g/mol. The number of carbonyl (C=O) groups excluding carboxylic acids is 1. The van der Waals surface area contributed by atoms with Gasteiger partial charge in [0, 0.05) is 0 Å². The quantitative estimate of drug-likeness (QED) is 0.635. The molecule has 0 unspecified atom stereocenters. The average molecular weight is 252 g/mol. The molecule has 1 aromatic heterocycles. The number of nitrogens with one attached hydrogen (secondary N) is 1. The van der Waals surface area contributed by atoms with Crippen molar-refractivity contribution in [2.75, 3.05) is 5.32 Å². The number of amides is 1. The van der Waals surface area contributed by atoms with Gasteiger partial charge in [-0.1, -0.05) is 0 Å². The van der Waals surface area contributed by atoms with Crippen LogP contribution in [0.4, 0.5) is 5.69 Å². The van der Waals surface area contributed by atoms with E-state index in [-0.39, 0.29) is 20.9 Å². The Morgan fingerprint density at radius 2 is 2.36 bits per heavy atom. The molecule has 1 N–H and O–H groups in total. The first-order chi connectivity index (χ1) is 6.81. The van der Waals surface area contributed by atoms with E-state index in [1.807, 2.05) is 12.1 Å². The Balaban J connectivity index is 2.46. The van der Waals surface area contributed by atoms with Gasteiger partial charge in [-0.05, 0) is 0 Å². The molecule has 14 heavy (non-hydrogen) atoms. The van der Waals surface area contributed by atoms with Crippen molar-refractivity contribution >= 4 is 37.6 Å². The summed E-state index contributed by atoms with van der Waals surface area (Å²) in [6, 6.07) is 5.54. The molecule has 2 rings (SSSR count). The number of carbonyl (C=O) groups is 1. The van der Waals surface area contributed by atoms with Crippen molar-refractivity contribution in [2.45, 2.75) is 0 Å². The van der Waals surface area contributed by atoms with E-state index in [2.05, 4.69) is 19.9 Å². The molecule has 0 aliphatic rings. The SMILES string of the molecule is C=CC(=O)Nc1cccc2n[se]nc12. The second-order valence-corrected chi connectivity index (χ2v) is 3.74. The minimum absolute atomic E-state index is 0.0721. The van der Waals surface area contributed by atoms with Crippen LogP contribution >= 0.6 is 0 Å². The van der Waals surface area contributed by atoms with E-state index in [0.29, 0.717) is 5.69 Å². The maximum atomic E-state index is 11.1. The zero-order valence-corrected chi connectivity index (χ0v) is 8.94. The minimum atomic E-state index is -0.229. The van der Waals surface area contributed by atoms with Gasteiger partial charge in [-0.15, -0.1) is 0 Å². The molecule has 0 spiro atoms. The van der Waals surface area contributed by atoms with Crippen molar-refractivity contribution in [3.8, 4) is 0 Å². The van der Waals surface area contributed by atoms with Crippen LogP contribution in [-0.4, -0.2) is 28.8 Å². The van der Waals surface area contributed by atoms with Crippen molar-refractivity contribution in [1.82, 2.24) is 7.96 Å². The van der Waals surface area contributed by atoms with Gasteiger partial charge in [-0.25, -0.2) is 0 Å². The van der Waals surface area contributed by atoms with Crippen LogP contribution in [0.25, 0.3) is 11.0 Å². The predicted octanol–water partition coefficient (Wildman–Crippen LogP) is 0.811. The fourth-order valence-electron chi connectivity index (χ4n) is 1.09. The molecule has 0 aliphatic carbocycles. The average Bonchev–Trinajstić information content (AvgIpc) is 2.66. The number of nitrogens with zero attached hydrogens (tertiary/aromatic N) is 2. The zero-order chi connectivity index (χ0) is 9.97. The topological polar surface area (TPSA) is 54.9 Å². The molecule has 5 heteroatoms. The molecular weight excluding hydrogens is 245 g/mol. The van der Waals surface area contributed by atoms with Gasteiger partial charge in [0.25, 0.3) is 0 Å². The van der Waals surface area contributed by atoms with Gasteiger partial charge < -0.3 is 0 Å². The van der Waals surface area contributed by atoms with Gasteiger partial charge in [-0.3, -0.25) is 0 Å². The van der Waals surface area contributed by atoms with E-state index in [1.54, 1.807) is 6.07 Å².